The highest BCUT2D eigenvalue weighted by Gasteiger charge is 2.29. The molecule has 0 spiro atoms. The van der Waals surface area contributed by atoms with E-state index in [1.807, 2.05) is 43.3 Å². The van der Waals surface area contributed by atoms with Crippen LogP contribution >= 0.6 is 0 Å². The van der Waals surface area contributed by atoms with Crippen molar-refractivity contribution in [2.24, 2.45) is 5.92 Å². The minimum Gasteiger partial charge on any atom is -0.464 e. The van der Waals surface area contributed by atoms with E-state index in [-0.39, 0.29) is 17.2 Å². The molecule has 1 aliphatic rings. The number of anilines is 1. The number of rotatable bonds is 7. The molecule has 1 aliphatic heterocycles. The highest BCUT2D eigenvalue weighted by atomic mass is 32.2. The molecule has 0 saturated carbocycles. The van der Waals surface area contributed by atoms with Crippen LogP contribution in [0.15, 0.2) is 88.4 Å². The van der Waals surface area contributed by atoms with Crippen molar-refractivity contribution in [2.45, 2.75) is 37.5 Å². The quantitative estimate of drug-likeness (QED) is 0.359. The van der Waals surface area contributed by atoms with E-state index < -0.39 is 10.0 Å². The summed E-state index contributed by atoms with van der Waals surface area (Å²) in [7, 11) is -3.56. The van der Waals surface area contributed by atoms with Gasteiger partial charge < -0.3 is 9.73 Å². The molecule has 36 heavy (non-hydrogen) atoms. The lowest BCUT2D eigenvalue weighted by molar-refractivity contribution is -0.115. The molecule has 186 valence electrons. The number of fused-ring (bicyclic) bond motifs is 1. The van der Waals surface area contributed by atoms with Crippen LogP contribution in [-0.2, 0) is 27.7 Å². The van der Waals surface area contributed by atoms with E-state index in [9.17, 15) is 13.2 Å². The molecule has 0 aliphatic carbocycles. The molecule has 2 heterocycles. The Morgan fingerprint density at radius 2 is 1.72 bits per heavy atom. The fraction of sp³-hybridized carbons (Fsp3) is 0.276. The molecule has 1 aromatic heterocycles. The number of hydrogen-bond donors (Lipinski definition) is 1. The molecule has 0 atom stereocenters. The zero-order chi connectivity index (χ0) is 25.1. The first kappa shape index (κ1) is 24.3. The average molecular weight is 503 g/mol. The van der Waals surface area contributed by atoms with Gasteiger partial charge in [0.15, 0.2) is 0 Å². The van der Waals surface area contributed by atoms with E-state index in [2.05, 4.69) is 17.4 Å². The van der Waals surface area contributed by atoms with Crippen molar-refractivity contribution in [3.8, 4) is 0 Å². The zero-order valence-corrected chi connectivity index (χ0v) is 21.1. The fourth-order valence-electron chi connectivity index (χ4n) is 4.87. The second kappa shape index (κ2) is 10.3. The fourth-order valence-corrected chi connectivity index (χ4v) is 6.34. The monoisotopic (exact) mass is 502 g/mol. The largest absolute Gasteiger partial charge is 0.464 e. The molecular formula is C29H30N2O4S. The predicted octanol–water partition coefficient (Wildman–Crippen LogP) is 5.57. The number of furan rings is 1. The highest BCUT2D eigenvalue weighted by Crippen LogP contribution is 2.27. The van der Waals surface area contributed by atoms with Crippen LogP contribution in [-0.4, -0.2) is 31.7 Å². The third kappa shape index (κ3) is 5.37. The Kier molecular flexibility index (Phi) is 6.94. The lowest BCUT2D eigenvalue weighted by atomic mass is 9.91. The number of sulfonamides is 1. The Bertz CT molecular complexity index is 1450. The Labute approximate surface area is 212 Å². The Morgan fingerprint density at radius 1 is 1.00 bits per heavy atom. The summed E-state index contributed by atoms with van der Waals surface area (Å²) in [6.45, 7) is 3.05. The minimum atomic E-state index is -3.56. The Hall–Kier alpha value is -3.42. The minimum absolute atomic E-state index is 0.175. The summed E-state index contributed by atoms with van der Waals surface area (Å²) in [5.74, 6) is 0.308. The van der Waals surface area contributed by atoms with Gasteiger partial charge in [-0.3, -0.25) is 4.79 Å². The van der Waals surface area contributed by atoms with Gasteiger partial charge in [0.2, 0.25) is 15.9 Å². The van der Waals surface area contributed by atoms with Crippen molar-refractivity contribution < 1.29 is 17.6 Å². The lowest BCUT2D eigenvalue weighted by Gasteiger charge is -2.31. The third-order valence-corrected chi connectivity index (χ3v) is 8.79. The molecule has 5 rings (SSSR count). The number of hydrogen-bond acceptors (Lipinski definition) is 4. The summed E-state index contributed by atoms with van der Waals surface area (Å²) >= 11 is 0. The van der Waals surface area contributed by atoms with Gasteiger partial charge in [0, 0.05) is 29.7 Å². The summed E-state index contributed by atoms with van der Waals surface area (Å²) in [6.07, 6.45) is 4.48. The number of benzene rings is 3. The van der Waals surface area contributed by atoms with Gasteiger partial charge in [-0.25, -0.2) is 8.42 Å². The van der Waals surface area contributed by atoms with Crippen LogP contribution in [0.25, 0.3) is 11.0 Å². The van der Waals surface area contributed by atoms with E-state index in [4.69, 9.17) is 4.42 Å². The second-order valence-corrected chi connectivity index (χ2v) is 11.5. The second-order valence-electron chi connectivity index (χ2n) is 9.55. The van der Waals surface area contributed by atoms with Crippen LogP contribution in [0.3, 0.4) is 0 Å². The van der Waals surface area contributed by atoms with Crippen LogP contribution in [0.1, 0.15) is 29.5 Å². The van der Waals surface area contributed by atoms with Gasteiger partial charge in [-0.2, -0.15) is 4.31 Å². The van der Waals surface area contributed by atoms with Gasteiger partial charge in [0.25, 0.3) is 0 Å². The number of piperidine rings is 1. The van der Waals surface area contributed by atoms with E-state index in [0.29, 0.717) is 24.7 Å². The van der Waals surface area contributed by atoms with Crippen molar-refractivity contribution in [1.82, 2.24) is 4.31 Å². The van der Waals surface area contributed by atoms with Crippen molar-refractivity contribution in [3.63, 3.8) is 0 Å². The topological polar surface area (TPSA) is 79.6 Å². The number of amides is 1. The van der Waals surface area contributed by atoms with Gasteiger partial charge in [-0.15, -0.1) is 0 Å². The van der Waals surface area contributed by atoms with Crippen molar-refractivity contribution in [2.75, 3.05) is 18.4 Å². The van der Waals surface area contributed by atoms with Crippen LogP contribution in [0.4, 0.5) is 5.69 Å². The standard InChI is InChI=1S/C29H30N2O4S/c1-21-7-12-28-27(17-21)24(20-35-28)19-29(32)30-25-8-10-26(11-9-25)36(33,34)31-15-13-23(14-16-31)18-22-5-3-2-4-6-22/h2-12,17,20,23H,13-16,18-19H2,1H3,(H,30,32). The molecule has 1 N–H and O–H groups in total. The maximum Gasteiger partial charge on any atom is 0.243 e. The van der Waals surface area contributed by atoms with E-state index in [1.165, 1.54) is 5.56 Å². The molecule has 1 saturated heterocycles. The van der Waals surface area contributed by atoms with E-state index >= 15 is 0 Å². The molecule has 1 fully saturated rings. The van der Waals surface area contributed by atoms with Gasteiger partial charge >= 0.3 is 0 Å². The summed E-state index contributed by atoms with van der Waals surface area (Å²) < 4.78 is 33.5. The molecule has 0 radical (unpaired) electrons. The lowest BCUT2D eigenvalue weighted by Crippen LogP contribution is -2.38. The summed E-state index contributed by atoms with van der Waals surface area (Å²) in [6, 6.07) is 22.6. The Morgan fingerprint density at radius 3 is 2.44 bits per heavy atom. The molecule has 3 aromatic carbocycles. The third-order valence-electron chi connectivity index (χ3n) is 6.88. The van der Waals surface area contributed by atoms with Gasteiger partial charge in [0.1, 0.15) is 5.58 Å². The first-order chi connectivity index (χ1) is 17.4. The SMILES string of the molecule is Cc1ccc2occ(CC(=O)Nc3ccc(S(=O)(=O)N4CCC(Cc5ccccc5)CC4)cc3)c2c1. The number of carbonyl (C=O) groups excluding carboxylic acids is 1. The zero-order valence-electron chi connectivity index (χ0n) is 20.3. The molecule has 7 heteroatoms. The first-order valence-corrected chi connectivity index (χ1v) is 13.7. The smallest absolute Gasteiger partial charge is 0.243 e. The molecular weight excluding hydrogens is 472 g/mol. The number of nitrogens with zero attached hydrogens (tertiary/aromatic N) is 1. The van der Waals surface area contributed by atoms with E-state index in [0.717, 1.165) is 41.4 Å². The van der Waals surface area contributed by atoms with Crippen molar-refractivity contribution >= 4 is 32.6 Å². The molecule has 4 aromatic rings. The summed E-state index contributed by atoms with van der Waals surface area (Å²) in [4.78, 5) is 12.9. The molecule has 6 nitrogen and oxygen atoms in total. The van der Waals surface area contributed by atoms with Crippen LogP contribution in [0.5, 0.6) is 0 Å². The number of aryl methyl sites for hydroxylation is 1. The predicted molar refractivity (Wildman–Crippen MR) is 141 cm³/mol. The van der Waals surface area contributed by atoms with Gasteiger partial charge in [0.05, 0.1) is 17.6 Å². The maximum absolute atomic E-state index is 13.2. The average Bonchev–Trinajstić information content (AvgIpc) is 3.27. The highest BCUT2D eigenvalue weighted by molar-refractivity contribution is 7.89. The molecule has 1 amide bonds. The number of nitrogens with one attached hydrogen (secondary N) is 1. The van der Waals surface area contributed by atoms with Gasteiger partial charge in [-0.05, 0) is 74.1 Å². The normalized spacial score (nSPS) is 15.2. The van der Waals surface area contributed by atoms with Crippen molar-refractivity contribution in [3.05, 3.63) is 95.7 Å². The summed E-state index contributed by atoms with van der Waals surface area (Å²) in [5.41, 5.74) is 4.53. The first-order valence-electron chi connectivity index (χ1n) is 12.3. The van der Waals surface area contributed by atoms with Crippen molar-refractivity contribution in [1.29, 1.82) is 0 Å². The maximum atomic E-state index is 13.2. The van der Waals surface area contributed by atoms with Crippen LogP contribution in [0.2, 0.25) is 0 Å². The van der Waals surface area contributed by atoms with Crippen LogP contribution in [0, 0.1) is 12.8 Å². The number of carbonyl (C=O) groups is 1. The Balaban J connectivity index is 1.18. The van der Waals surface area contributed by atoms with Crippen LogP contribution < -0.4 is 5.32 Å². The van der Waals surface area contributed by atoms with E-state index in [1.54, 1.807) is 34.8 Å². The molecule has 0 bridgehead atoms. The molecule has 0 unspecified atom stereocenters. The summed E-state index contributed by atoms with van der Waals surface area (Å²) in [5, 5.41) is 3.79. The van der Waals surface area contributed by atoms with Gasteiger partial charge in [-0.1, -0.05) is 42.0 Å².